The number of non-ortho nitro benzene ring substituents is 1. The molecule has 5 nitrogen and oxygen atoms in total. The predicted octanol–water partition coefficient (Wildman–Crippen LogP) is 1.91. The van der Waals surface area contributed by atoms with Crippen LogP contribution in [0.2, 0.25) is 0 Å². The lowest BCUT2D eigenvalue weighted by molar-refractivity contribution is -0.384. The monoisotopic (exact) mass is 207 g/mol. The van der Waals surface area contributed by atoms with Gasteiger partial charge in [0.1, 0.15) is 0 Å². The molecule has 0 radical (unpaired) electrons. The van der Waals surface area contributed by atoms with Crippen LogP contribution in [0, 0.1) is 16.0 Å². The smallest absolute Gasteiger partial charge is 0.270 e. The maximum atomic E-state index is 10.6. The van der Waals surface area contributed by atoms with Crippen LogP contribution < -0.4 is 5.84 Å². The lowest BCUT2D eigenvalue weighted by Crippen LogP contribution is -2.12. The number of hydrazone groups is 1. The van der Waals surface area contributed by atoms with Crippen molar-refractivity contribution in [1.82, 2.24) is 0 Å². The van der Waals surface area contributed by atoms with Gasteiger partial charge < -0.3 is 5.84 Å². The third kappa shape index (κ3) is 2.52. The molecule has 0 heterocycles. The van der Waals surface area contributed by atoms with Gasteiger partial charge in [-0.3, -0.25) is 10.1 Å². The third-order valence-corrected chi connectivity index (χ3v) is 2.04. The van der Waals surface area contributed by atoms with Gasteiger partial charge in [-0.1, -0.05) is 26.0 Å². The van der Waals surface area contributed by atoms with E-state index >= 15 is 0 Å². The minimum atomic E-state index is -0.433. The van der Waals surface area contributed by atoms with Gasteiger partial charge in [0.2, 0.25) is 0 Å². The minimum Gasteiger partial charge on any atom is -0.323 e. The summed E-state index contributed by atoms with van der Waals surface area (Å²) in [5.74, 6) is 5.39. The van der Waals surface area contributed by atoms with Crippen LogP contribution in [0.1, 0.15) is 19.4 Å². The second-order valence-electron chi connectivity index (χ2n) is 3.48. The molecule has 0 bridgehead atoms. The Kier molecular flexibility index (Phi) is 3.38. The highest BCUT2D eigenvalue weighted by Crippen LogP contribution is 2.16. The van der Waals surface area contributed by atoms with Gasteiger partial charge in [0.05, 0.1) is 10.6 Å². The summed E-state index contributed by atoms with van der Waals surface area (Å²) in [6.45, 7) is 3.87. The van der Waals surface area contributed by atoms with E-state index in [1.165, 1.54) is 12.1 Å². The van der Waals surface area contributed by atoms with Gasteiger partial charge in [0.25, 0.3) is 5.69 Å². The Morgan fingerprint density at radius 3 is 2.67 bits per heavy atom. The van der Waals surface area contributed by atoms with E-state index in [4.69, 9.17) is 5.84 Å². The summed E-state index contributed by atoms with van der Waals surface area (Å²) in [4.78, 5) is 10.1. The number of nitro benzene ring substituents is 1. The Morgan fingerprint density at radius 2 is 2.20 bits per heavy atom. The fourth-order valence-electron chi connectivity index (χ4n) is 1.34. The molecule has 5 heteroatoms. The molecule has 0 atom stereocenters. The predicted molar refractivity (Wildman–Crippen MR) is 58.7 cm³/mol. The number of benzene rings is 1. The highest BCUT2D eigenvalue weighted by Gasteiger charge is 2.12. The lowest BCUT2D eigenvalue weighted by Gasteiger charge is -2.08. The summed E-state index contributed by atoms with van der Waals surface area (Å²) >= 11 is 0. The van der Waals surface area contributed by atoms with Crippen molar-refractivity contribution >= 4 is 11.4 Å². The van der Waals surface area contributed by atoms with E-state index in [0.29, 0.717) is 11.3 Å². The van der Waals surface area contributed by atoms with Crippen molar-refractivity contribution in [2.45, 2.75) is 13.8 Å². The Labute approximate surface area is 87.7 Å². The average molecular weight is 207 g/mol. The molecule has 15 heavy (non-hydrogen) atoms. The number of nitrogens with two attached hydrogens (primary N) is 1. The molecule has 0 aromatic heterocycles. The quantitative estimate of drug-likeness (QED) is 0.355. The molecule has 1 rings (SSSR count). The summed E-state index contributed by atoms with van der Waals surface area (Å²) < 4.78 is 0. The first-order chi connectivity index (χ1) is 7.06. The van der Waals surface area contributed by atoms with Gasteiger partial charge in [-0.15, -0.1) is 0 Å². The molecule has 1 aromatic carbocycles. The van der Waals surface area contributed by atoms with E-state index in [1.807, 2.05) is 13.8 Å². The van der Waals surface area contributed by atoms with Crippen LogP contribution in [-0.2, 0) is 0 Å². The summed E-state index contributed by atoms with van der Waals surface area (Å²) in [5.41, 5.74) is 1.41. The Hall–Kier alpha value is -1.91. The first-order valence-electron chi connectivity index (χ1n) is 4.59. The van der Waals surface area contributed by atoms with Crippen molar-refractivity contribution in [3.8, 4) is 0 Å². The van der Waals surface area contributed by atoms with Crippen LogP contribution in [0.3, 0.4) is 0 Å². The van der Waals surface area contributed by atoms with Crippen molar-refractivity contribution in [1.29, 1.82) is 0 Å². The molecule has 0 saturated carbocycles. The van der Waals surface area contributed by atoms with Crippen LogP contribution in [0.25, 0.3) is 0 Å². The summed E-state index contributed by atoms with van der Waals surface area (Å²) in [5, 5.41) is 14.2. The van der Waals surface area contributed by atoms with Crippen LogP contribution in [0.15, 0.2) is 29.4 Å². The number of rotatable bonds is 3. The van der Waals surface area contributed by atoms with E-state index < -0.39 is 4.92 Å². The van der Waals surface area contributed by atoms with Crippen LogP contribution >= 0.6 is 0 Å². The Morgan fingerprint density at radius 1 is 1.53 bits per heavy atom. The molecule has 80 valence electrons. The zero-order valence-electron chi connectivity index (χ0n) is 8.68. The molecular formula is C10H13N3O2. The molecule has 0 aliphatic heterocycles. The van der Waals surface area contributed by atoms with Gasteiger partial charge in [-0.25, -0.2) is 0 Å². The van der Waals surface area contributed by atoms with Crippen LogP contribution in [0.4, 0.5) is 5.69 Å². The van der Waals surface area contributed by atoms with Gasteiger partial charge in [-0.05, 0) is 5.92 Å². The zero-order valence-corrected chi connectivity index (χ0v) is 8.68. The maximum absolute atomic E-state index is 10.6. The minimum absolute atomic E-state index is 0.0503. The van der Waals surface area contributed by atoms with Crippen LogP contribution in [0.5, 0.6) is 0 Å². The normalized spacial score (nSPS) is 11.8. The van der Waals surface area contributed by atoms with E-state index in [2.05, 4.69) is 5.10 Å². The molecule has 0 amide bonds. The molecule has 0 fully saturated rings. The molecule has 0 unspecified atom stereocenters. The highest BCUT2D eigenvalue weighted by molar-refractivity contribution is 6.02. The fourth-order valence-corrected chi connectivity index (χ4v) is 1.34. The van der Waals surface area contributed by atoms with Crippen molar-refractivity contribution in [2.75, 3.05) is 0 Å². The van der Waals surface area contributed by atoms with Gasteiger partial charge in [-0.2, -0.15) is 5.10 Å². The van der Waals surface area contributed by atoms with E-state index in [0.717, 1.165) is 0 Å². The Bertz CT molecular complexity index is 399. The topological polar surface area (TPSA) is 81.5 Å². The van der Waals surface area contributed by atoms with Crippen molar-refractivity contribution in [2.24, 2.45) is 16.9 Å². The summed E-state index contributed by atoms with van der Waals surface area (Å²) in [7, 11) is 0. The first kappa shape index (κ1) is 11.2. The average Bonchev–Trinajstić information content (AvgIpc) is 2.18. The largest absolute Gasteiger partial charge is 0.323 e. The molecule has 0 saturated heterocycles. The van der Waals surface area contributed by atoms with Crippen molar-refractivity contribution in [3.63, 3.8) is 0 Å². The third-order valence-electron chi connectivity index (χ3n) is 2.04. The fraction of sp³-hybridized carbons (Fsp3) is 0.300. The molecule has 0 aliphatic rings. The molecule has 0 aliphatic carbocycles. The molecule has 2 N–H and O–H groups in total. The number of hydrogen-bond donors (Lipinski definition) is 1. The second-order valence-corrected chi connectivity index (χ2v) is 3.48. The van der Waals surface area contributed by atoms with Gasteiger partial charge in [0.15, 0.2) is 0 Å². The van der Waals surface area contributed by atoms with Crippen LogP contribution in [-0.4, -0.2) is 10.6 Å². The lowest BCUT2D eigenvalue weighted by atomic mass is 10.00. The number of hydrogen-bond acceptors (Lipinski definition) is 4. The maximum Gasteiger partial charge on any atom is 0.270 e. The number of nitrogens with zero attached hydrogens (tertiary/aromatic N) is 2. The summed E-state index contributed by atoms with van der Waals surface area (Å²) in [6, 6.07) is 6.31. The Balaban J connectivity index is 3.15. The zero-order chi connectivity index (χ0) is 11.4. The highest BCUT2D eigenvalue weighted by atomic mass is 16.6. The number of nitro groups is 1. The van der Waals surface area contributed by atoms with Gasteiger partial charge >= 0.3 is 0 Å². The SMILES string of the molecule is CC(C)C(=NN)c1cccc([N+](=O)[O-])c1. The van der Waals surface area contributed by atoms with E-state index in [9.17, 15) is 10.1 Å². The molecule has 1 aromatic rings. The standard InChI is InChI=1S/C10H13N3O2/c1-7(2)10(12-11)8-4-3-5-9(6-8)13(14)15/h3-7H,11H2,1-2H3. The van der Waals surface area contributed by atoms with Crippen molar-refractivity contribution < 1.29 is 4.92 Å². The first-order valence-corrected chi connectivity index (χ1v) is 4.59. The molecular weight excluding hydrogens is 194 g/mol. The van der Waals surface area contributed by atoms with E-state index in [1.54, 1.807) is 12.1 Å². The van der Waals surface area contributed by atoms with E-state index in [-0.39, 0.29) is 11.6 Å². The second kappa shape index (κ2) is 4.54. The summed E-state index contributed by atoms with van der Waals surface area (Å²) in [6.07, 6.45) is 0. The molecule has 0 spiro atoms. The van der Waals surface area contributed by atoms with Gasteiger partial charge in [0, 0.05) is 17.7 Å². The van der Waals surface area contributed by atoms with Crippen molar-refractivity contribution in [3.05, 3.63) is 39.9 Å².